The van der Waals surface area contributed by atoms with Crippen molar-refractivity contribution in [1.29, 1.82) is 0 Å². The molecule has 1 aromatic rings. The molecule has 0 atom stereocenters. The van der Waals surface area contributed by atoms with Crippen LogP contribution in [-0.2, 0) is 4.79 Å². The van der Waals surface area contributed by atoms with E-state index in [9.17, 15) is 9.18 Å². The second kappa shape index (κ2) is 7.18. The van der Waals surface area contributed by atoms with Crippen molar-refractivity contribution in [2.24, 2.45) is 0 Å². The van der Waals surface area contributed by atoms with Gasteiger partial charge in [-0.2, -0.15) is 0 Å². The summed E-state index contributed by atoms with van der Waals surface area (Å²) in [5, 5.41) is 5.62. The second-order valence-electron chi connectivity index (χ2n) is 3.90. The second-order valence-corrected chi connectivity index (χ2v) is 4.31. The monoisotopic (exact) mass is 273 g/mol. The van der Waals surface area contributed by atoms with E-state index >= 15 is 0 Å². The van der Waals surface area contributed by atoms with Crippen LogP contribution in [-0.4, -0.2) is 39.6 Å². The molecule has 18 heavy (non-hydrogen) atoms. The molecule has 0 fully saturated rings. The number of carbonyl (C=O) groups excluding carboxylic acids is 1. The van der Waals surface area contributed by atoms with Crippen molar-refractivity contribution in [2.45, 2.75) is 0 Å². The first-order chi connectivity index (χ1) is 8.54. The molecule has 0 spiro atoms. The van der Waals surface area contributed by atoms with Gasteiger partial charge in [-0.1, -0.05) is 11.6 Å². The molecule has 0 saturated heterocycles. The summed E-state index contributed by atoms with van der Waals surface area (Å²) in [6, 6.07) is 4.54. The van der Waals surface area contributed by atoms with Crippen LogP contribution < -0.4 is 15.5 Å². The number of hydrogen-bond acceptors (Lipinski definition) is 3. The highest BCUT2D eigenvalue weighted by Gasteiger charge is 2.05. The van der Waals surface area contributed by atoms with E-state index in [0.29, 0.717) is 19.6 Å². The van der Waals surface area contributed by atoms with Gasteiger partial charge in [0.2, 0.25) is 5.91 Å². The van der Waals surface area contributed by atoms with Crippen molar-refractivity contribution in [1.82, 2.24) is 10.6 Å². The number of halogens is 2. The first-order valence-electron chi connectivity index (χ1n) is 5.62. The Morgan fingerprint density at radius 3 is 2.83 bits per heavy atom. The van der Waals surface area contributed by atoms with Gasteiger partial charge in [-0.15, -0.1) is 0 Å². The Kier molecular flexibility index (Phi) is 5.88. The van der Waals surface area contributed by atoms with Gasteiger partial charge in [0.25, 0.3) is 0 Å². The SMILES string of the molecule is CNCC(=O)NCCN(C)c1ccc(F)c(Cl)c1. The summed E-state index contributed by atoms with van der Waals surface area (Å²) in [5.74, 6) is -0.487. The molecule has 0 heterocycles. The third-order valence-corrected chi connectivity index (χ3v) is 2.74. The first-order valence-corrected chi connectivity index (χ1v) is 6.00. The molecule has 0 radical (unpaired) electrons. The maximum atomic E-state index is 13.0. The Labute approximate surface area is 111 Å². The van der Waals surface area contributed by atoms with E-state index in [4.69, 9.17) is 11.6 Å². The molecule has 1 rings (SSSR count). The summed E-state index contributed by atoms with van der Waals surface area (Å²) >= 11 is 5.70. The fourth-order valence-corrected chi connectivity index (χ4v) is 1.61. The largest absolute Gasteiger partial charge is 0.373 e. The van der Waals surface area contributed by atoms with Gasteiger partial charge in [0.05, 0.1) is 11.6 Å². The van der Waals surface area contributed by atoms with E-state index in [1.165, 1.54) is 6.07 Å². The normalized spacial score (nSPS) is 10.2. The van der Waals surface area contributed by atoms with Crippen molar-refractivity contribution in [3.05, 3.63) is 29.0 Å². The molecule has 6 heteroatoms. The van der Waals surface area contributed by atoms with Gasteiger partial charge in [-0.25, -0.2) is 4.39 Å². The number of nitrogens with one attached hydrogen (secondary N) is 2. The van der Waals surface area contributed by atoms with Gasteiger partial charge in [-0.3, -0.25) is 4.79 Å². The molecule has 1 amide bonds. The van der Waals surface area contributed by atoms with Crippen LogP contribution in [0.1, 0.15) is 0 Å². The van der Waals surface area contributed by atoms with Crippen molar-refractivity contribution in [2.75, 3.05) is 38.6 Å². The lowest BCUT2D eigenvalue weighted by atomic mass is 10.3. The number of likely N-dealkylation sites (N-methyl/N-ethyl adjacent to an activating group) is 2. The van der Waals surface area contributed by atoms with E-state index < -0.39 is 5.82 Å². The van der Waals surface area contributed by atoms with Gasteiger partial charge in [0.1, 0.15) is 5.82 Å². The van der Waals surface area contributed by atoms with Crippen LogP contribution >= 0.6 is 11.6 Å². The molecule has 0 aliphatic rings. The van der Waals surface area contributed by atoms with E-state index in [1.54, 1.807) is 19.2 Å². The zero-order valence-corrected chi connectivity index (χ0v) is 11.2. The third kappa shape index (κ3) is 4.50. The first kappa shape index (κ1) is 14.7. The van der Waals surface area contributed by atoms with Crippen LogP contribution in [0, 0.1) is 5.82 Å². The van der Waals surface area contributed by atoms with Crippen molar-refractivity contribution >= 4 is 23.2 Å². The van der Waals surface area contributed by atoms with Crippen LogP contribution in [0.5, 0.6) is 0 Å². The number of carbonyl (C=O) groups is 1. The minimum absolute atomic E-state index is 0.0527. The van der Waals surface area contributed by atoms with Crippen molar-refractivity contribution in [3.63, 3.8) is 0 Å². The van der Waals surface area contributed by atoms with Gasteiger partial charge in [0, 0.05) is 25.8 Å². The summed E-state index contributed by atoms with van der Waals surface area (Å²) in [4.78, 5) is 13.1. The lowest BCUT2D eigenvalue weighted by molar-refractivity contribution is -0.120. The van der Waals surface area contributed by atoms with E-state index in [1.807, 2.05) is 11.9 Å². The minimum Gasteiger partial charge on any atom is -0.373 e. The maximum Gasteiger partial charge on any atom is 0.234 e. The highest BCUT2D eigenvalue weighted by atomic mass is 35.5. The Morgan fingerprint density at radius 1 is 1.50 bits per heavy atom. The molecule has 0 saturated carbocycles. The van der Waals surface area contributed by atoms with Crippen LogP contribution in [0.15, 0.2) is 18.2 Å². The van der Waals surface area contributed by atoms with Crippen LogP contribution in [0.3, 0.4) is 0 Å². The fraction of sp³-hybridized carbons (Fsp3) is 0.417. The summed E-state index contributed by atoms with van der Waals surface area (Å²) < 4.78 is 13.0. The Balaban J connectivity index is 2.43. The molecule has 0 aliphatic carbocycles. The summed E-state index contributed by atoms with van der Waals surface area (Å²) in [6.07, 6.45) is 0. The summed E-state index contributed by atoms with van der Waals surface area (Å²) in [5.41, 5.74) is 0.810. The van der Waals surface area contributed by atoms with Gasteiger partial charge in [0.15, 0.2) is 0 Å². The molecule has 0 bridgehead atoms. The van der Waals surface area contributed by atoms with Crippen LogP contribution in [0.25, 0.3) is 0 Å². The van der Waals surface area contributed by atoms with E-state index in [2.05, 4.69) is 10.6 Å². The number of benzene rings is 1. The number of amides is 1. The topological polar surface area (TPSA) is 44.4 Å². The number of nitrogens with zero attached hydrogens (tertiary/aromatic N) is 1. The lowest BCUT2D eigenvalue weighted by Gasteiger charge is -2.19. The molecule has 2 N–H and O–H groups in total. The van der Waals surface area contributed by atoms with Gasteiger partial charge >= 0.3 is 0 Å². The molecular weight excluding hydrogens is 257 g/mol. The molecule has 0 aromatic heterocycles. The zero-order chi connectivity index (χ0) is 13.5. The number of rotatable bonds is 6. The van der Waals surface area contributed by atoms with E-state index in [0.717, 1.165) is 5.69 Å². The molecule has 100 valence electrons. The average molecular weight is 274 g/mol. The molecule has 4 nitrogen and oxygen atoms in total. The minimum atomic E-state index is -0.434. The maximum absolute atomic E-state index is 13.0. The Morgan fingerprint density at radius 2 is 2.22 bits per heavy atom. The van der Waals surface area contributed by atoms with E-state index in [-0.39, 0.29) is 10.9 Å². The third-order valence-electron chi connectivity index (χ3n) is 2.45. The molecule has 0 unspecified atom stereocenters. The smallest absolute Gasteiger partial charge is 0.234 e. The highest BCUT2D eigenvalue weighted by molar-refractivity contribution is 6.31. The van der Waals surface area contributed by atoms with Crippen LogP contribution in [0.2, 0.25) is 5.02 Å². The summed E-state index contributed by atoms with van der Waals surface area (Å²) in [7, 11) is 3.57. The summed E-state index contributed by atoms with van der Waals surface area (Å²) in [6.45, 7) is 1.44. The Bertz CT molecular complexity index is 414. The zero-order valence-electron chi connectivity index (χ0n) is 10.5. The number of hydrogen-bond donors (Lipinski definition) is 2. The standard InChI is InChI=1S/C12H17ClFN3O/c1-15-8-12(18)16-5-6-17(2)9-3-4-11(14)10(13)7-9/h3-4,7,15H,5-6,8H2,1-2H3,(H,16,18). The Hall–Kier alpha value is -1.33. The van der Waals surface area contributed by atoms with Gasteiger partial charge in [-0.05, 0) is 25.2 Å². The quantitative estimate of drug-likeness (QED) is 0.820. The molecule has 0 aliphatic heterocycles. The molecular formula is C12H17ClFN3O. The van der Waals surface area contributed by atoms with Gasteiger partial charge < -0.3 is 15.5 Å². The fourth-order valence-electron chi connectivity index (χ4n) is 1.44. The molecule has 1 aromatic carbocycles. The van der Waals surface area contributed by atoms with Crippen molar-refractivity contribution in [3.8, 4) is 0 Å². The predicted octanol–water partition coefficient (Wildman–Crippen LogP) is 1.25. The van der Waals surface area contributed by atoms with Crippen LogP contribution in [0.4, 0.5) is 10.1 Å². The highest BCUT2D eigenvalue weighted by Crippen LogP contribution is 2.21. The van der Waals surface area contributed by atoms with Crippen molar-refractivity contribution < 1.29 is 9.18 Å². The number of anilines is 1. The average Bonchev–Trinajstić information content (AvgIpc) is 2.33. The predicted molar refractivity (Wildman–Crippen MR) is 71.6 cm³/mol. The lowest BCUT2D eigenvalue weighted by Crippen LogP contribution is -2.37.